The Kier molecular flexibility index (Phi) is 6.29. The quantitative estimate of drug-likeness (QED) is 0.379. The summed E-state index contributed by atoms with van der Waals surface area (Å²) in [6.45, 7) is 6.82. The normalized spacial score (nSPS) is 14.5. The molecule has 1 unspecified atom stereocenters. The van der Waals surface area contributed by atoms with Crippen molar-refractivity contribution in [3.05, 3.63) is 5.21 Å². The van der Waals surface area contributed by atoms with E-state index in [1.807, 2.05) is 0 Å². The summed E-state index contributed by atoms with van der Waals surface area (Å²) in [5, 5.41) is 21.4. The molecular weight excluding hydrogens is 166 g/mol. The standard InChI is InChI=1S/C10H23NO2/c1-4-6-8-11(13,10(3)12)9-7-5-2/h10,12H,4-9H2,1-3H3. The molecule has 0 aromatic carbocycles. The zero-order chi connectivity index (χ0) is 10.3. The monoisotopic (exact) mass is 189 g/mol. The maximum absolute atomic E-state index is 12.0. The van der Waals surface area contributed by atoms with Crippen molar-refractivity contribution in [2.24, 2.45) is 0 Å². The van der Waals surface area contributed by atoms with Gasteiger partial charge in [-0.05, 0) is 12.8 Å². The second kappa shape index (κ2) is 6.35. The van der Waals surface area contributed by atoms with Gasteiger partial charge < -0.3 is 15.0 Å². The fraction of sp³-hybridized carbons (Fsp3) is 1.00. The van der Waals surface area contributed by atoms with Gasteiger partial charge in [0.2, 0.25) is 0 Å². The van der Waals surface area contributed by atoms with E-state index in [2.05, 4.69) is 13.8 Å². The third-order valence-electron chi connectivity index (χ3n) is 2.46. The van der Waals surface area contributed by atoms with Crippen LogP contribution in [0.2, 0.25) is 0 Å². The molecule has 0 amide bonds. The third kappa shape index (κ3) is 4.60. The number of quaternary nitrogens is 1. The second-order valence-electron chi connectivity index (χ2n) is 3.74. The average Bonchev–Trinajstić information content (AvgIpc) is 2.11. The highest BCUT2D eigenvalue weighted by atomic mass is 16.6. The summed E-state index contributed by atoms with van der Waals surface area (Å²) in [6, 6.07) is 0. The molecule has 80 valence electrons. The summed E-state index contributed by atoms with van der Waals surface area (Å²) < 4.78 is -0.429. The first kappa shape index (κ1) is 12.9. The maximum Gasteiger partial charge on any atom is 0.187 e. The minimum absolute atomic E-state index is 0.429. The molecule has 0 saturated heterocycles. The molecule has 0 spiro atoms. The predicted octanol–water partition coefficient (Wildman–Crippen LogP) is 2.24. The maximum atomic E-state index is 12.0. The van der Waals surface area contributed by atoms with Crippen LogP contribution in [0, 0.1) is 5.21 Å². The zero-order valence-electron chi connectivity index (χ0n) is 9.12. The van der Waals surface area contributed by atoms with Gasteiger partial charge in [0.15, 0.2) is 6.23 Å². The molecule has 13 heavy (non-hydrogen) atoms. The molecule has 0 saturated carbocycles. The summed E-state index contributed by atoms with van der Waals surface area (Å²) in [7, 11) is 0. The Morgan fingerprint density at radius 3 is 1.77 bits per heavy atom. The van der Waals surface area contributed by atoms with Gasteiger partial charge in [0.1, 0.15) is 0 Å². The van der Waals surface area contributed by atoms with Crippen molar-refractivity contribution in [3.63, 3.8) is 0 Å². The molecule has 0 aromatic rings. The average molecular weight is 189 g/mol. The molecule has 3 nitrogen and oxygen atoms in total. The van der Waals surface area contributed by atoms with E-state index >= 15 is 0 Å². The molecule has 0 aromatic heterocycles. The summed E-state index contributed by atoms with van der Waals surface area (Å²) in [4.78, 5) is 0. The molecule has 0 aliphatic carbocycles. The van der Waals surface area contributed by atoms with E-state index in [0.717, 1.165) is 25.7 Å². The molecule has 0 aliphatic heterocycles. The van der Waals surface area contributed by atoms with Gasteiger partial charge in [-0.1, -0.05) is 26.7 Å². The number of rotatable bonds is 7. The Morgan fingerprint density at radius 2 is 1.54 bits per heavy atom. The minimum Gasteiger partial charge on any atom is -0.631 e. The van der Waals surface area contributed by atoms with Crippen LogP contribution in [-0.2, 0) is 0 Å². The van der Waals surface area contributed by atoms with Gasteiger partial charge in [-0.25, -0.2) is 0 Å². The van der Waals surface area contributed by atoms with Gasteiger partial charge in [-0.3, -0.25) is 0 Å². The highest BCUT2D eigenvalue weighted by molar-refractivity contribution is 4.46. The smallest absolute Gasteiger partial charge is 0.187 e. The fourth-order valence-corrected chi connectivity index (χ4v) is 1.34. The molecule has 3 heteroatoms. The lowest BCUT2D eigenvalue weighted by molar-refractivity contribution is -0.925. The van der Waals surface area contributed by atoms with Crippen molar-refractivity contribution < 1.29 is 9.75 Å². The van der Waals surface area contributed by atoms with Gasteiger partial charge >= 0.3 is 0 Å². The van der Waals surface area contributed by atoms with Crippen LogP contribution in [0.3, 0.4) is 0 Å². The Morgan fingerprint density at radius 1 is 1.15 bits per heavy atom. The summed E-state index contributed by atoms with van der Waals surface area (Å²) in [5.74, 6) is 0. The van der Waals surface area contributed by atoms with Crippen molar-refractivity contribution in [1.82, 2.24) is 0 Å². The summed E-state index contributed by atoms with van der Waals surface area (Å²) >= 11 is 0. The SMILES string of the molecule is CCCC[N+]([O-])(CCCC)C(C)O. The first-order chi connectivity index (χ1) is 6.06. The number of hydrogen-bond donors (Lipinski definition) is 1. The van der Waals surface area contributed by atoms with Crippen molar-refractivity contribution in [3.8, 4) is 0 Å². The van der Waals surface area contributed by atoms with Gasteiger partial charge in [0.05, 0.1) is 13.1 Å². The van der Waals surface area contributed by atoms with Crippen LogP contribution >= 0.6 is 0 Å². The van der Waals surface area contributed by atoms with Crippen LogP contribution in [0.4, 0.5) is 0 Å². The molecule has 0 aliphatic rings. The molecule has 0 heterocycles. The molecule has 1 atom stereocenters. The Bertz CT molecular complexity index is 118. The van der Waals surface area contributed by atoms with E-state index in [1.165, 1.54) is 0 Å². The van der Waals surface area contributed by atoms with E-state index in [-0.39, 0.29) is 0 Å². The lowest BCUT2D eigenvalue weighted by Crippen LogP contribution is -2.50. The Labute approximate surface area is 81.5 Å². The number of unbranched alkanes of at least 4 members (excludes halogenated alkanes) is 2. The van der Waals surface area contributed by atoms with E-state index in [1.54, 1.807) is 6.92 Å². The largest absolute Gasteiger partial charge is 0.631 e. The third-order valence-corrected chi connectivity index (χ3v) is 2.46. The molecule has 0 fully saturated rings. The van der Waals surface area contributed by atoms with Gasteiger partial charge in [0.25, 0.3) is 0 Å². The van der Waals surface area contributed by atoms with Crippen LogP contribution in [0.1, 0.15) is 46.5 Å². The first-order valence-corrected chi connectivity index (χ1v) is 5.32. The number of aliphatic hydroxyl groups excluding tert-OH is 1. The van der Waals surface area contributed by atoms with Gasteiger partial charge in [-0.15, -0.1) is 0 Å². The zero-order valence-corrected chi connectivity index (χ0v) is 9.12. The topological polar surface area (TPSA) is 43.3 Å². The number of aliphatic hydroxyl groups is 1. The van der Waals surface area contributed by atoms with E-state index in [0.29, 0.717) is 13.1 Å². The van der Waals surface area contributed by atoms with Crippen LogP contribution in [0.15, 0.2) is 0 Å². The van der Waals surface area contributed by atoms with Crippen LogP contribution < -0.4 is 0 Å². The molecule has 0 rings (SSSR count). The molecule has 0 radical (unpaired) electrons. The van der Waals surface area contributed by atoms with E-state index in [4.69, 9.17) is 0 Å². The molecule has 0 bridgehead atoms. The number of hydroxylamine groups is 3. The molecular formula is C10H23NO2. The Hall–Kier alpha value is -0.120. The van der Waals surface area contributed by atoms with Crippen LogP contribution in [0.25, 0.3) is 0 Å². The lowest BCUT2D eigenvalue weighted by Gasteiger charge is -2.45. The molecule has 1 N–H and O–H groups in total. The lowest BCUT2D eigenvalue weighted by atomic mass is 10.2. The predicted molar refractivity (Wildman–Crippen MR) is 54.9 cm³/mol. The van der Waals surface area contributed by atoms with Crippen LogP contribution in [0.5, 0.6) is 0 Å². The van der Waals surface area contributed by atoms with Crippen molar-refractivity contribution in [1.29, 1.82) is 0 Å². The Balaban J connectivity index is 4.00. The minimum atomic E-state index is -0.780. The van der Waals surface area contributed by atoms with E-state index < -0.39 is 10.9 Å². The van der Waals surface area contributed by atoms with E-state index in [9.17, 15) is 10.3 Å². The first-order valence-electron chi connectivity index (χ1n) is 5.32. The number of nitrogens with zero attached hydrogens (tertiary/aromatic N) is 1. The fourth-order valence-electron chi connectivity index (χ4n) is 1.34. The highest BCUT2D eigenvalue weighted by Crippen LogP contribution is 2.13. The summed E-state index contributed by atoms with van der Waals surface area (Å²) in [6.07, 6.45) is 3.05. The second-order valence-corrected chi connectivity index (χ2v) is 3.74. The van der Waals surface area contributed by atoms with Crippen LogP contribution in [-0.4, -0.2) is 29.1 Å². The van der Waals surface area contributed by atoms with Crippen molar-refractivity contribution in [2.75, 3.05) is 13.1 Å². The summed E-state index contributed by atoms with van der Waals surface area (Å²) in [5.41, 5.74) is 0. The van der Waals surface area contributed by atoms with Crippen molar-refractivity contribution >= 4 is 0 Å². The van der Waals surface area contributed by atoms with Crippen molar-refractivity contribution in [2.45, 2.75) is 52.7 Å². The van der Waals surface area contributed by atoms with Gasteiger partial charge in [0, 0.05) is 6.92 Å². The highest BCUT2D eigenvalue weighted by Gasteiger charge is 2.21. The van der Waals surface area contributed by atoms with Gasteiger partial charge in [-0.2, -0.15) is 0 Å². The number of hydrogen-bond acceptors (Lipinski definition) is 2.